The second-order valence-electron chi connectivity index (χ2n) is 9.59. The van der Waals surface area contributed by atoms with Crippen molar-refractivity contribution in [3.63, 3.8) is 0 Å². The quantitative estimate of drug-likeness (QED) is 0.266. The molecule has 4 aromatic carbocycles. The summed E-state index contributed by atoms with van der Waals surface area (Å²) >= 11 is 0. The molecule has 1 aliphatic rings. The van der Waals surface area contributed by atoms with Crippen LogP contribution in [0.4, 0.5) is 0 Å². The van der Waals surface area contributed by atoms with E-state index in [1.54, 1.807) is 0 Å². The van der Waals surface area contributed by atoms with E-state index in [-0.39, 0.29) is 0 Å². The van der Waals surface area contributed by atoms with Crippen LogP contribution in [0.5, 0.6) is 0 Å². The second kappa shape index (κ2) is 11.1. The molecule has 3 nitrogen and oxygen atoms in total. The van der Waals surface area contributed by atoms with Gasteiger partial charge in [-0.25, -0.2) is 0 Å². The van der Waals surface area contributed by atoms with Crippen molar-refractivity contribution < 1.29 is 0 Å². The zero-order chi connectivity index (χ0) is 25.7. The summed E-state index contributed by atoms with van der Waals surface area (Å²) in [6, 6.07) is 36.7. The Kier molecular flexibility index (Phi) is 7.47. The van der Waals surface area contributed by atoms with E-state index in [0.29, 0.717) is 19.6 Å². The molecular formula is C34H34N3. The number of nitrogens with two attached hydrogens (primary N) is 3. The van der Waals surface area contributed by atoms with E-state index in [9.17, 15) is 0 Å². The molecule has 185 valence electrons. The van der Waals surface area contributed by atoms with Gasteiger partial charge in [0.25, 0.3) is 0 Å². The standard InChI is InChI=1S/C34H34N3/c35-22-26-10-4-14-30(19-26)34(31-15-5-11-27(20-31)23-36,32-16-6-12-28(21-32)24-37)33-17-7-13-29(33)18-25-8-2-1-3-9-25/h1-17,19-21H,18,22-24,35-37H2. The van der Waals surface area contributed by atoms with Gasteiger partial charge in [-0.1, -0.05) is 127 Å². The number of allylic oxidation sites excluding steroid dienone is 4. The maximum absolute atomic E-state index is 6.15. The molecule has 0 bridgehead atoms. The SMILES string of the molecule is NCc1cccc(C([C]2C=CC=C2Cc2ccccc2)(c2cccc(CN)c2)c2cccc(CN)c2)c1. The van der Waals surface area contributed by atoms with Gasteiger partial charge in [0.2, 0.25) is 0 Å². The summed E-state index contributed by atoms with van der Waals surface area (Å²) < 4.78 is 0. The minimum atomic E-state index is -0.574. The van der Waals surface area contributed by atoms with Crippen molar-refractivity contribution in [2.75, 3.05) is 0 Å². The van der Waals surface area contributed by atoms with Crippen molar-refractivity contribution in [3.8, 4) is 0 Å². The van der Waals surface area contributed by atoms with Gasteiger partial charge in [0.1, 0.15) is 0 Å². The Morgan fingerprint density at radius 2 is 0.973 bits per heavy atom. The van der Waals surface area contributed by atoms with Gasteiger partial charge in [0.05, 0.1) is 5.41 Å². The van der Waals surface area contributed by atoms with Crippen LogP contribution >= 0.6 is 0 Å². The van der Waals surface area contributed by atoms with E-state index in [1.807, 2.05) is 0 Å². The highest BCUT2D eigenvalue weighted by Gasteiger charge is 2.46. The van der Waals surface area contributed by atoms with Gasteiger partial charge in [-0.15, -0.1) is 0 Å². The largest absolute Gasteiger partial charge is 0.326 e. The third kappa shape index (κ3) is 4.82. The monoisotopic (exact) mass is 484 g/mol. The maximum Gasteiger partial charge on any atom is 0.0591 e. The van der Waals surface area contributed by atoms with Crippen LogP contribution in [0.1, 0.15) is 38.9 Å². The molecule has 1 aliphatic carbocycles. The summed E-state index contributed by atoms with van der Waals surface area (Å²) in [5, 5.41) is 0. The molecule has 0 heterocycles. The highest BCUT2D eigenvalue weighted by molar-refractivity contribution is 5.67. The third-order valence-corrected chi connectivity index (χ3v) is 7.33. The van der Waals surface area contributed by atoms with E-state index >= 15 is 0 Å². The van der Waals surface area contributed by atoms with E-state index in [1.165, 1.54) is 33.7 Å². The number of benzene rings is 4. The Morgan fingerprint density at radius 1 is 0.514 bits per heavy atom. The van der Waals surface area contributed by atoms with Crippen molar-refractivity contribution in [2.24, 2.45) is 17.2 Å². The first kappa shape index (κ1) is 24.9. The molecule has 0 fully saturated rings. The zero-order valence-corrected chi connectivity index (χ0v) is 21.1. The first-order valence-corrected chi connectivity index (χ1v) is 12.9. The Morgan fingerprint density at radius 3 is 1.43 bits per heavy atom. The highest BCUT2D eigenvalue weighted by atomic mass is 14.5. The van der Waals surface area contributed by atoms with Gasteiger partial charge >= 0.3 is 0 Å². The lowest BCUT2D eigenvalue weighted by Gasteiger charge is -2.42. The lowest BCUT2D eigenvalue weighted by Crippen LogP contribution is -2.37. The van der Waals surface area contributed by atoms with Gasteiger partial charge in [-0.05, 0) is 45.4 Å². The smallest absolute Gasteiger partial charge is 0.0591 e. The fourth-order valence-electron chi connectivity index (χ4n) is 5.55. The first-order chi connectivity index (χ1) is 18.2. The van der Waals surface area contributed by atoms with Crippen LogP contribution in [0.2, 0.25) is 0 Å². The van der Waals surface area contributed by atoms with Crippen molar-refractivity contribution in [3.05, 3.63) is 172 Å². The van der Waals surface area contributed by atoms with Crippen LogP contribution in [0, 0.1) is 5.92 Å². The van der Waals surface area contributed by atoms with E-state index < -0.39 is 5.41 Å². The van der Waals surface area contributed by atoms with Crippen molar-refractivity contribution in [1.82, 2.24) is 0 Å². The average Bonchev–Trinajstić information content (AvgIpc) is 3.42. The van der Waals surface area contributed by atoms with Crippen LogP contribution < -0.4 is 17.2 Å². The summed E-state index contributed by atoms with van der Waals surface area (Å²) in [7, 11) is 0. The molecule has 0 unspecified atom stereocenters. The van der Waals surface area contributed by atoms with Gasteiger partial charge in [0.15, 0.2) is 0 Å². The molecule has 5 rings (SSSR count). The van der Waals surface area contributed by atoms with Crippen LogP contribution in [0.15, 0.2) is 127 Å². The van der Waals surface area contributed by atoms with Crippen LogP contribution in [0.3, 0.4) is 0 Å². The molecule has 0 atom stereocenters. The van der Waals surface area contributed by atoms with Crippen molar-refractivity contribution in [1.29, 1.82) is 0 Å². The minimum absolute atomic E-state index is 0.480. The maximum atomic E-state index is 6.15. The highest BCUT2D eigenvalue weighted by Crippen LogP contribution is 2.52. The van der Waals surface area contributed by atoms with Crippen molar-refractivity contribution in [2.45, 2.75) is 31.5 Å². The van der Waals surface area contributed by atoms with E-state index in [4.69, 9.17) is 17.2 Å². The van der Waals surface area contributed by atoms with Crippen LogP contribution in [-0.2, 0) is 31.5 Å². The van der Waals surface area contributed by atoms with E-state index in [2.05, 4.69) is 121 Å². The molecule has 37 heavy (non-hydrogen) atoms. The second-order valence-corrected chi connectivity index (χ2v) is 9.59. The summed E-state index contributed by atoms with van der Waals surface area (Å²) in [5.41, 5.74) is 27.3. The minimum Gasteiger partial charge on any atom is -0.326 e. The van der Waals surface area contributed by atoms with Crippen LogP contribution in [0.25, 0.3) is 0 Å². The average molecular weight is 485 g/mol. The topological polar surface area (TPSA) is 78.1 Å². The predicted molar refractivity (Wildman–Crippen MR) is 153 cm³/mol. The predicted octanol–water partition coefficient (Wildman–Crippen LogP) is 5.71. The number of rotatable bonds is 9. The molecule has 3 heteroatoms. The zero-order valence-electron chi connectivity index (χ0n) is 21.1. The first-order valence-electron chi connectivity index (χ1n) is 12.9. The number of hydrogen-bond donors (Lipinski definition) is 3. The summed E-state index contributed by atoms with van der Waals surface area (Å²) in [6.45, 7) is 1.44. The molecule has 0 saturated heterocycles. The molecule has 0 aromatic heterocycles. The van der Waals surface area contributed by atoms with E-state index in [0.717, 1.165) is 23.1 Å². The Bertz CT molecular complexity index is 1300. The summed E-state index contributed by atoms with van der Waals surface area (Å²) in [5.74, 6) is 1.26. The van der Waals surface area contributed by atoms with Gasteiger partial charge in [-0.3, -0.25) is 0 Å². The molecule has 6 N–H and O–H groups in total. The normalized spacial score (nSPS) is 13.6. The molecule has 0 spiro atoms. The van der Waals surface area contributed by atoms with Crippen LogP contribution in [-0.4, -0.2) is 0 Å². The Balaban J connectivity index is 1.81. The summed E-state index contributed by atoms with van der Waals surface area (Å²) in [4.78, 5) is 0. The van der Waals surface area contributed by atoms with Gasteiger partial charge in [-0.2, -0.15) is 0 Å². The molecule has 4 aromatic rings. The third-order valence-electron chi connectivity index (χ3n) is 7.33. The van der Waals surface area contributed by atoms with Gasteiger partial charge in [0, 0.05) is 25.6 Å². The summed E-state index contributed by atoms with van der Waals surface area (Å²) in [6.07, 6.45) is 7.55. The molecular weight excluding hydrogens is 450 g/mol. The number of hydrogen-bond acceptors (Lipinski definition) is 3. The molecule has 0 amide bonds. The Hall–Kier alpha value is -3.76. The Labute approximate surface area is 220 Å². The lowest BCUT2D eigenvalue weighted by molar-refractivity contribution is 0.668. The lowest BCUT2D eigenvalue weighted by atomic mass is 9.59. The van der Waals surface area contributed by atoms with Gasteiger partial charge < -0.3 is 17.2 Å². The molecule has 1 radical (unpaired) electrons. The molecule has 0 saturated carbocycles. The fraction of sp³-hybridized carbons (Fsp3) is 0.147. The van der Waals surface area contributed by atoms with Crippen molar-refractivity contribution >= 4 is 0 Å². The fourth-order valence-corrected chi connectivity index (χ4v) is 5.55. The molecule has 0 aliphatic heterocycles.